The van der Waals surface area contributed by atoms with Crippen LogP contribution in [-0.2, 0) is 39.8 Å². The van der Waals surface area contributed by atoms with Gasteiger partial charge in [-0.1, -0.05) is 183 Å². The van der Waals surface area contributed by atoms with Crippen molar-refractivity contribution in [3.8, 4) is 51.7 Å². The van der Waals surface area contributed by atoms with Crippen LogP contribution >= 0.6 is 15.9 Å². The van der Waals surface area contributed by atoms with Gasteiger partial charge in [-0.3, -0.25) is 0 Å². The van der Waals surface area contributed by atoms with Gasteiger partial charge in [-0.15, -0.1) is 6.58 Å². The molecular weight excluding hydrogens is 1620 g/mol. The van der Waals surface area contributed by atoms with Crippen molar-refractivity contribution in [1.29, 1.82) is 0 Å². The van der Waals surface area contributed by atoms with Crippen molar-refractivity contribution in [2.75, 3.05) is 104 Å². The van der Waals surface area contributed by atoms with E-state index in [-0.39, 0.29) is 35.0 Å². The lowest BCUT2D eigenvalue weighted by Crippen LogP contribution is -2.46. The van der Waals surface area contributed by atoms with E-state index in [1.54, 1.807) is 60.7 Å². The van der Waals surface area contributed by atoms with E-state index in [9.17, 15) is 15.3 Å². The minimum atomic E-state index is -2.69. The Labute approximate surface area is 722 Å². The molecule has 0 aliphatic carbocycles. The topological polar surface area (TPSA) is 199 Å². The maximum Gasteiger partial charge on any atom is 0.501 e. The summed E-state index contributed by atoms with van der Waals surface area (Å²) in [4.78, 5) is 0. The lowest BCUT2D eigenvalue weighted by atomic mass is 9.85. The largest absolute Gasteiger partial charge is 0.508 e. The number of unbranched alkanes of at least 4 members (excludes halogenated alkanes) is 1. The molecule has 644 valence electrons. The number of rotatable bonds is 51. The molecule has 9 rings (SSSR count). The molecule has 0 amide bonds. The molecule has 0 aromatic heterocycles. The van der Waals surface area contributed by atoms with Gasteiger partial charge < -0.3 is 83.6 Å². The van der Waals surface area contributed by atoms with Crippen molar-refractivity contribution in [3.05, 3.63) is 319 Å². The second-order valence-electron chi connectivity index (χ2n) is 26.5. The first kappa shape index (κ1) is 100. The van der Waals surface area contributed by atoms with Gasteiger partial charge in [-0.2, -0.15) is 0 Å². The third-order valence-corrected chi connectivity index (χ3v) is 26.4. The molecule has 0 saturated carbocycles. The summed E-state index contributed by atoms with van der Waals surface area (Å²) in [5, 5.41) is 29.4. The first-order valence-electron chi connectivity index (χ1n) is 41.5. The third-order valence-electron chi connectivity index (χ3n) is 17.8. The summed E-state index contributed by atoms with van der Waals surface area (Å²) in [5.74, 6) is 5.71. The number of allylic oxidation sites excluding steroid dienone is 1. The van der Waals surface area contributed by atoms with Gasteiger partial charge in [0.25, 0.3) is 0 Å². The normalized spacial score (nSPS) is 11.1. The fourth-order valence-corrected chi connectivity index (χ4v) is 18.8. The average Bonchev–Trinajstić information content (AvgIpc) is 0.811. The van der Waals surface area contributed by atoms with E-state index in [0.717, 1.165) is 101 Å². The van der Waals surface area contributed by atoms with E-state index in [4.69, 9.17) is 68.3 Å². The minimum Gasteiger partial charge on any atom is -0.508 e. The van der Waals surface area contributed by atoms with Crippen LogP contribution in [0.4, 0.5) is 0 Å². The molecule has 0 aliphatic rings. The van der Waals surface area contributed by atoms with Crippen LogP contribution in [0.15, 0.2) is 269 Å². The number of halogens is 1. The molecule has 0 heterocycles. The van der Waals surface area contributed by atoms with E-state index < -0.39 is 27.1 Å². The average molecular weight is 1750 g/mol. The molecule has 119 heavy (non-hydrogen) atoms. The highest BCUT2D eigenvalue weighted by atomic mass is 79.9. The monoisotopic (exact) mass is 1740 g/mol. The number of hydrogen-bond donors (Lipinski definition) is 3. The Balaban J connectivity index is 0.000000315. The zero-order chi connectivity index (χ0) is 86.1. The van der Waals surface area contributed by atoms with Crippen molar-refractivity contribution in [3.63, 3.8) is 0 Å². The summed E-state index contributed by atoms with van der Waals surface area (Å²) in [7, 11) is -7.11. The number of phenolic OH excluding ortho intramolecular Hbond substituents is 3. The molecule has 0 aliphatic heterocycles. The van der Waals surface area contributed by atoms with Gasteiger partial charge >= 0.3 is 27.1 Å². The summed E-state index contributed by atoms with van der Waals surface area (Å²) in [5.41, 5.74) is 10.1. The van der Waals surface area contributed by atoms with Crippen molar-refractivity contribution < 1.29 is 83.6 Å². The standard InChI is InChI=1S/C41H64O9Si2.C28H28O3.C19H16O3.C6H16O3Si.C3H5Br/c1-8-15-30-42-38-24-18-35(19-25-38)41(36-20-26-39(27-21-36)43-31-16-33-51(45-9-2,46-10-3)47-11-4)37-22-28-40(29-23-37)44-32-17-34-52(48-12-5,49-13-6)50-14-7;1-4-19-29-25-13-7-22(8-14-25)28(23-9-15-26(16-10-23)30-20-5-2)24-11-17-27(18-12-24)31-21-6-3;20-16-7-1-13(2-8-16)19(14-3-9-17(21)10-4-14)15-5-11-18(22)12-6-15;1-4-7-10(8-5-2)9-6-3;1-2-3-4/h18-29,41H,8-17,30-34H2,1-7H3;4-18,28H,1-3,19-21H2;1-12,19-22H;10H,4-6H2,1-3H3;2H,1,3H2. The first-order valence-corrected chi connectivity index (χ1v) is 47.9. The quantitative estimate of drug-likeness (QED) is 0.0107. The Bertz CT molecular complexity index is 3760. The van der Waals surface area contributed by atoms with Crippen LogP contribution in [0.5, 0.6) is 51.7 Å². The molecule has 9 aromatic carbocycles. The van der Waals surface area contributed by atoms with E-state index in [0.29, 0.717) is 92.5 Å². The molecule has 0 unspecified atom stereocenters. The van der Waals surface area contributed by atoms with Crippen molar-refractivity contribution in [2.45, 2.75) is 125 Å². The van der Waals surface area contributed by atoms with Crippen LogP contribution in [0, 0.1) is 0 Å². The highest BCUT2D eigenvalue weighted by Gasteiger charge is 2.41. The molecular formula is C97H129BrO18Si3. The summed E-state index contributed by atoms with van der Waals surface area (Å²) < 4.78 is 86.9. The van der Waals surface area contributed by atoms with E-state index >= 15 is 0 Å². The smallest absolute Gasteiger partial charge is 0.501 e. The molecule has 0 radical (unpaired) electrons. The number of aromatic hydroxyl groups is 3. The first-order chi connectivity index (χ1) is 58.0. The summed E-state index contributed by atoms with van der Waals surface area (Å²) in [6, 6.07) is 72.5. The third kappa shape index (κ3) is 36.8. The molecule has 9 aromatic rings. The van der Waals surface area contributed by atoms with Gasteiger partial charge in [0.05, 0.1) is 19.8 Å². The Kier molecular flexibility index (Phi) is 50.3. The maximum absolute atomic E-state index is 9.49. The predicted molar refractivity (Wildman–Crippen MR) is 490 cm³/mol. The zero-order valence-electron chi connectivity index (χ0n) is 71.6. The van der Waals surface area contributed by atoms with Gasteiger partial charge in [0.1, 0.15) is 71.6 Å². The number of ether oxygens (including phenoxy) is 6. The minimum absolute atomic E-state index is 0.0122. The van der Waals surface area contributed by atoms with E-state index in [1.165, 1.54) is 33.4 Å². The van der Waals surface area contributed by atoms with Crippen LogP contribution in [0.25, 0.3) is 0 Å². The Morgan fingerprint density at radius 2 is 0.479 bits per heavy atom. The summed E-state index contributed by atoms with van der Waals surface area (Å²) in [6.45, 7) is 43.1. The number of benzene rings is 9. The Morgan fingerprint density at radius 1 is 0.286 bits per heavy atom. The van der Waals surface area contributed by atoms with Gasteiger partial charge in [-0.25, -0.2) is 0 Å². The molecule has 3 N–H and O–H groups in total. The van der Waals surface area contributed by atoms with Gasteiger partial charge in [0.15, 0.2) is 0 Å². The second kappa shape index (κ2) is 59.6. The summed E-state index contributed by atoms with van der Waals surface area (Å²) >= 11 is 3.13. The predicted octanol–water partition coefficient (Wildman–Crippen LogP) is 22.6. The van der Waals surface area contributed by atoms with Crippen LogP contribution in [0.3, 0.4) is 0 Å². The molecule has 0 saturated heterocycles. The van der Waals surface area contributed by atoms with Crippen LogP contribution in [0.2, 0.25) is 12.1 Å². The number of alkyl halides is 1. The van der Waals surface area contributed by atoms with Crippen LogP contribution in [0.1, 0.15) is 163 Å². The lowest BCUT2D eigenvalue weighted by Gasteiger charge is -2.28. The SMILES string of the molecule is C=CCBr.C=CCOc1ccc(C(c2ccc(OCC=C)cc2)c2ccc(OCC=C)cc2)cc1.CCCCOc1ccc(C(c2ccc(OCCC[Si](OCC)(OCC)OCC)cc2)c2ccc(OCCC[Si](OCC)(OCC)OCC)cc2)cc1.CCO[SiH](OCC)OCC.Oc1ccc(C(c2ccc(O)cc2)c2ccc(O)cc2)cc1. The summed E-state index contributed by atoms with van der Waals surface area (Å²) in [6.07, 6.45) is 10.7. The highest BCUT2D eigenvalue weighted by molar-refractivity contribution is 9.09. The van der Waals surface area contributed by atoms with Crippen molar-refractivity contribution >= 4 is 43.1 Å². The second-order valence-corrected chi connectivity index (χ2v) is 34.1. The van der Waals surface area contributed by atoms with E-state index in [1.807, 2.05) is 135 Å². The van der Waals surface area contributed by atoms with E-state index in [2.05, 4.69) is 158 Å². The highest BCUT2D eigenvalue weighted by Crippen LogP contribution is 2.39. The Hall–Kier alpha value is -9.09. The fourth-order valence-electron chi connectivity index (χ4n) is 12.6. The van der Waals surface area contributed by atoms with Crippen molar-refractivity contribution in [2.24, 2.45) is 0 Å². The van der Waals surface area contributed by atoms with Gasteiger partial charge in [0, 0.05) is 94.6 Å². The molecule has 22 heteroatoms. The number of phenols is 3. The van der Waals surface area contributed by atoms with Gasteiger partial charge in [0.2, 0.25) is 0 Å². The fraction of sp³-hybridized carbons (Fsp3) is 0.361. The molecule has 0 fully saturated rings. The maximum atomic E-state index is 9.49. The number of hydrogen-bond acceptors (Lipinski definition) is 18. The zero-order valence-corrected chi connectivity index (χ0v) is 76.4. The molecule has 0 atom stereocenters. The van der Waals surface area contributed by atoms with Crippen molar-refractivity contribution in [1.82, 2.24) is 0 Å². The lowest BCUT2D eigenvalue weighted by molar-refractivity contribution is 0.0689. The molecule has 18 nitrogen and oxygen atoms in total. The molecule has 0 bridgehead atoms. The Morgan fingerprint density at radius 3 is 0.655 bits per heavy atom. The van der Waals surface area contributed by atoms with Crippen LogP contribution in [-0.4, -0.2) is 147 Å². The van der Waals surface area contributed by atoms with Gasteiger partial charge in [-0.05, 0) is 241 Å². The van der Waals surface area contributed by atoms with Crippen LogP contribution < -0.4 is 28.4 Å². The molecule has 0 spiro atoms.